The molecule has 1 saturated heterocycles. The zero-order valence-corrected chi connectivity index (χ0v) is 12.6. The fraction of sp³-hybridized carbons (Fsp3) is 0.471. The van der Waals surface area contributed by atoms with Gasteiger partial charge >= 0.3 is 0 Å². The summed E-state index contributed by atoms with van der Waals surface area (Å²) in [5, 5.41) is 0. The van der Waals surface area contributed by atoms with Crippen LogP contribution in [0.3, 0.4) is 0 Å². The van der Waals surface area contributed by atoms with Crippen LogP contribution in [0.5, 0.6) is 0 Å². The number of nitrogens with one attached hydrogen (secondary N) is 1. The molecule has 21 heavy (non-hydrogen) atoms. The van der Waals surface area contributed by atoms with Crippen molar-refractivity contribution in [3.05, 3.63) is 42.2 Å². The first-order valence-corrected chi connectivity index (χ1v) is 7.69. The maximum absolute atomic E-state index is 5.36. The number of hydrogen-bond donors (Lipinski definition) is 1. The Kier molecular flexibility index (Phi) is 4.68. The third-order valence-electron chi connectivity index (χ3n) is 4.16. The molecule has 1 aliphatic rings. The summed E-state index contributed by atoms with van der Waals surface area (Å²) in [6.07, 6.45) is 5.77. The minimum absolute atomic E-state index is 0.534. The Balaban J connectivity index is 1.69. The van der Waals surface area contributed by atoms with Crippen molar-refractivity contribution in [2.24, 2.45) is 0 Å². The topological polar surface area (TPSA) is 41.1 Å². The van der Waals surface area contributed by atoms with Crippen molar-refractivity contribution >= 4 is 0 Å². The van der Waals surface area contributed by atoms with E-state index in [-0.39, 0.29) is 0 Å². The van der Waals surface area contributed by atoms with Crippen LogP contribution >= 0.6 is 0 Å². The number of methoxy groups -OCH3 is 1. The Hall–Kier alpha value is -1.65. The molecule has 2 aromatic rings. The highest BCUT2D eigenvalue weighted by atomic mass is 16.5. The molecule has 4 nitrogen and oxygen atoms in total. The Labute approximate surface area is 126 Å². The first-order chi connectivity index (χ1) is 10.4. The van der Waals surface area contributed by atoms with Gasteiger partial charge in [-0.2, -0.15) is 0 Å². The third kappa shape index (κ3) is 3.52. The van der Waals surface area contributed by atoms with Crippen LogP contribution in [-0.2, 0) is 11.3 Å². The van der Waals surface area contributed by atoms with Crippen LogP contribution in [0.25, 0.3) is 11.4 Å². The van der Waals surface area contributed by atoms with E-state index in [4.69, 9.17) is 4.74 Å². The summed E-state index contributed by atoms with van der Waals surface area (Å²) in [5.41, 5.74) is 2.31. The summed E-state index contributed by atoms with van der Waals surface area (Å²) in [6, 6.07) is 10.8. The molecule has 1 N–H and O–H groups in total. The number of imidazole rings is 1. The predicted molar refractivity (Wildman–Crippen MR) is 83.9 cm³/mol. The first-order valence-electron chi connectivity index (χ1n) is 7.69. The van der Waals surface area contributed by atoms with E-state index in [2.05, 4.69) is 27.0 Å². The molecule has 112 valence electrons. The van der Waals surface area contributed by atoms with Gasteiger partial charge in [-0.25, -0.2) is 4.98 Å². The molecule has 0 bridgehead atoms. The molecule has 1 unspecified atom stereocenters. The van der Waals surface area contributed by atoms with Crippen molar-refractivity contribution < 1.29 is 4.74 Å². The maximum Gasteiger partial charge on any atom is 0.137 e. The molecule has 1 aliphatic heterocycles. The lowest BCUT2D eigenvalue weighted by atomic mass is 10.0. The highest BCUT2D eigenvalue weighted by Gasteiger charge is 2.22. The van der Waals surface area contributed by atoms with Gasteiger partial charge in [-0.3, -0.25) is 4.90 Å². The van der Waals surface area contributed by atoms with Crippen molar-refractivity contribution in [1.82, 2.24) is 14.9 Å². The van der Waals surface area contributed by atoms with Crippen LogP contribution in [0, 0.1) is 0 Å². The zero-order valence-electron chi connectivity index (χ0n) is 12.6. The number of ether oxygens (including phenoxy) is 1. The molecule has 0 radical (unpaired) electrons. The Morgan fingerprint density at radius 3 is 2.95 bits per heavy atom. The van der Waals surface area contributed by atoms with Crippen LogP contribution < -0.4 is 0 Å². The Bertz CT molecular complexity index is 550. The first kappa shape index (κ1) is 14.3. The highest BCUT2D eigenvalue weighted by molar-refractivity contribution is 5.54. The summed E-state index contributed by atoms with van der Waals surface area (Å²) in [7, 11) is 1.79. The van der Waals surface area contributed by atoms with E-state index in [1.165, 1.54) is 25.0 Å². The van der Waals surface area contributed by atoms with Crippen LogP contribution in [0.4, 0.5) is 0 Å². The average molecular weight is 285 g/mol. The lowest BCUT2D eigenvalue weighted by molar-refractivity contribution is 0.0593. The van der Waals surface area contributed by atoms with Crippen molar-refractivity contribution in [2.75, 3.05) is 20.3 Å². The SMILES string of the molecule is COCC1CCCCN1Cc1cnc(-c2ccccc2)[nH]1. The molecule has 2 heterocycles. The molecule has 1 atom stereocenters. The summed E-state index contributed by atoms with van der Waals surface area (Å²) < 4.78 is 5.36. The molecule has 1 aromatic carbocycles. The van der Waals surface area contributed by atoms with E-state index < -0.39 is 0 Å². The van der Waals surface area contributed by atoms with Gasteiger partial charge in [0, 0.05) is 37.2 Å². The minimum atomic E-state index is 0.534. The molecule has 0 saturated carbocycles. The number of hydrogen-bond acceptors (Lipinski definition) is 3. The molecule has 1 aromatic heterocycles. The second kappa shape index (κ2) is 6.87. The largest absolute Gasteiger partial charge is 0.383 e. The normalized spacial score (nSPS) is 19.8. The molecular weight excluding hydrogens is 262 g/mol. The molecular formula is C17H23N3O. The summed E-state index contributed by atoms with van der Waals surface area (Å²) in [4.78, 5) is 10.5. The fourth-order valence-electron chi connectivity index (χ4n) is 3.05. The number of aromatic amines is 1. The summed E-state index contributed by atoms with van der Waals surface area (Å²) in [6.45, 7) is 2.89. The molecule has 4 heteroatoms. The van der Waals surface area contributed by atoms with E-state index >= 15 is 0 Å². The minimum Gasteiger partial charge on any atom is -0.383 e. The second-order valence-corrected chi connectivity index (χ2v) is 5.70. The number of aromatic nitrogens is 2. The molecule has 0 spiro atoms. The lowest BCUT2D eigenvalue weighted by Crippen LogP contribution is -2.41. The van der Waals surface area contributed by atoms with Crippen LogP contribution in [0.1, 0.15) is 25.0 Å². The Morgan fingerprint density at radius 1 is 1.29 bits per heavy atom. The predicted octanol–water partition coefficient (Wildman–Crippen LogP) is 3.08. The van der Waals surface area contributed by atoms with Gasteiger partial charge in [-0.15, -0.1) is 0 Å². The van der Waals surface area contributed by atoms with Gasteiger partial charge < -0.3 is 9.72 Å². The van der Waals surface area contributed by atoms with E-state index in [0.29, 0.717) is 6.04 Å². The van der Waals surface area contributed by atoms with Gasteiger partial charge in [0.15, 0.2) is 0 Å². The van der Waals surface area contributed by atoms with E-state index in [1.54, 1.807) is 7.11 Å². The van der Waals surface area contributed by atoms with Gasteiger partial charge in [0.1, 0.15) is 5.82 Å². The van der Waals surface area contributed by atoms with Crippen molar-refractivity contribution in [2.45, 2.75) is 31.8 Å². The zero-order chi connectivity index (χ0) is 14.5. The third-order valence-corrected chi connectivity index (χ3v) is 4.16. The number of nitrogens with zero attached hydrogens (tertiary/aromatic N) is 2. The standard InChI is InChI=1S/C17H23N3O/c1-21-13-16-9-5-6-10-20(16)12-15-11-18-17(19-15)14-7-3-2-4-8-14/h2-4,7-8,11,16H,5-6,9-10,12-13H2,1H3,(H,18,19). The van der Waals surface area contributed by atoms with E-state index in [0.717, 1.165) is 31.1 Å². The van der Waals surface area contributed by atoms with Gasteiger partial charge in [-0.1, -0.05) is 36.8 Å². The van der Waals surface area contributed by atoms with Gasteiger partial charge in [0.05, 0.1) is 6.61 Å². The van der Waals surface area contributed by atoms with Crippen molar-refractivity contribution in [1.29, 1.82) is 0 Å². The fourth-order valence-corrected chi connectivity index (χ4v) is 3.05. The monoisotopic (exact) mass is 285 g/mol. The smallest absolute Gasteiger partial charge is 0.137 e. The number of rotatable bonds is 5. The number of H-pyrrole nitrogens is 1. The molecule has 0 aliphatic carbocycles. The number of benzene rings is 1. The van der Waals surface area contributed by atoms with Gasteiger partial charge in [-0.05, 0) is 19.4 Å². The molecule has 1 fully saturated rings. The van der Waals surface area contributed by atoms with E-state index in [1.807, 2.05) is 24.4 Å². The maximum atomic E-state index is 5.36. The lowest BCUT2D eigenvalue weighted by Gasteiger charge is -2.34. The van der Waals surface area contributed by atoms with Crippen LogP contribution in [0.15, 0.2) is 36.5 Å². The molecule has 0 amide bonds. The summed E-state index contributed by atoms with van der Waals surface area (Å²) >= 11 is 0. The van der Waals surface area contributed by atoms with Crippen LogP contribution in [0.2, 0.25) is 0 Å². The van der Waals surface area contributed by atoms with Crippen molar-refractivity contribution in [3.63, 3.8) is 0 Å². The summed E-state index contributed by atoms with van der Waals surface area (Å²) in [5.74, 6) is 0.950. The second-order valence-electron chi connectivity index (χ2n) is 5.70. The number of likely N-dealkylation sites (tertiary alicyclic amines) is 1. The number of piperidine rings is 1. The quantitative estimate of drug-likeness (QED) is 0.918. The Morgan fingerprint density at radius 2 is 2.14 bits per heavy atom. The van der Waals surface area contributed by atoms with E-state index in [9.17, 15) is 0 Å². The average Bonchev–Trinajstić information content (AvgIpc) is 2.99. The molecule has 3 rings (SSSR count). The van der Waals surface area contributed by atoms with Gasteiger partial charge in [0.2, 0.25) is 0 Å². The highest BCUT2D eigenvalue weighted by Crippen LogP contribution is 2.21. The van der Waals surface area contributed by atoms with Crippen LogP contribution in [-0.4, -0.2) is 41.2 Å². The van der Waals surface area contributed by atoms with Crippen molar-refractivity contribution in [3.8, 4) is 11.4 Å². The van der Waals surface area contributed by atoms with Gasteiger partial charge in [0.25, 0.3) is 0 Å².